The van der Waals surface area contributed by atoms with Crippen molar-refractivity contribution in [2.45, 2.75) is 19.8 Å². The SMILES string of the molecule is CCOc1cccc2sc(NC(=O)CCc3nc4ccccc4[nH]3)nc12. The number of thiazole rings is 1. The molecule has 0 aliphatic carbocycles. The predicted molar refractivity (Wildman–Crippen MR) is 104 cm³/mol. The van der Waals surface area contributed by atoms with E-state index in [0.717, 1.165) is 32.8 Å². The molecule has 0 radical (unpaired) electrons. The van der Waals surface area contributed by atoms with Crippen molar-refractivity contribution in [3.8, 4) is 5.75 Å². The van der Waals surface area contributed by atoms with Crippen LogP contribution in [0.3, 0.4) is 0 Å². The number of rotatable bonds is 6. The summed E-state index contributed by atoms with van der Waals surface area (Å²) in [5, 5.41) is 3.46. The molecule has 0 spiro atoms. The highest BCUT2D eigenvalue weighted by Gasteiger charge is 2.12. The van der Waals surface area contributed by atoms with Gasteiger partial charge in [-0.15, -0.1) is 0 Å². The van der Waals surface area contributed by atoms with E-state index in [9.17, 15) is 4.79 Å². The van der Waals surface area contributed by atoms with Crippen molar-refractivity contribution in [3.63, 3.8) is 0 Å². The molecular formula is C19H18N4O2S. The molecule has 6 nitrogen and oxygen atoms in total. The molecule has 0 saturated heterocycles. The summed E-state index contributed by atoms with van der Waals surface area (Å²) in [7, 11) is 0. The lowest BCUT2D eigenvalue weighted by Gasteiger charge is -2.02. The zero-order valence-corrected chi connectivity index (χ0v) is 15.1. The van der Waals surface area contributed by atoms with Crippen molar-refractivity contribution in [1.29, 1.82) is 0 Å². The fourth-order valence-electron chi connectivity index (χ4n) is 2.79. The van der Waals surface area contributed by atoms with Gasteiger partial charge in [-0.2, -0.15) is 0 Å². The van der Waals surface area contributed by atoms with Gasteiger partial charge in [0.1, 0.15) is 17.1 Å². The number of fused-ring (bicyclic) bond motifs is 2. The van der Waals surface area contributed by atoms with Crippen molar-refractivity contribution in [2.75, 3.05) is 11.9 Å². The van der Waals surface area contributed by atoms with E-state index in [-0.39, 0.29) is 5.91 Å². The molecule has 132 valence electrons. The minimum atomic E-state index is -0.0810. The van der Waals surface area contributed by atoms with E-state index >= 15 is 0 Å². The van der Waals surface area contributed by atoms with Crippen molar-refractivity contribution in [3.05, 3.63) is 48.3 Å². The van der Waals surface area contributed by atoms with Crippen LogP contribution in [0.25, 0.3) is 21.3 Å². The van der Waals surface area contributed by atoms with Crippen molar-refractivity contribution in [1.82, 2.24) is 15.0 Å². The van der Waals surface area contributed by atoms with Gasteiger partial charge in [-0.3, -0.25) is 4.79 Å². The fourth-order valence-corrected chi connectivity index (χ4v) is 3.69. The Balaban J connectivity index is 1.43. The highest BCUT2D eigenvalue weighted by molar-refractivity contribution is 7.22. The molecular weight excluding hydrogens is 348 g/mol. The zero-order chi connectivity index (χ0) is 17.9. The number of aromatic amines is 1. The van der Waals surface area contributed by atoms with Crippen LogP contribution in [0, 0.1) is 0 Å². The largest absolute Gasteiger partial charge is 0.492 e. The molecule has 0 atom stereocenters. The number of hydrogen-bond acceptors (Lipinski definition) is 5. The average Bonchev–Trinajstić information content (AvgIpc) is 3.23. The zero-order valence-electron chi connectivity index (χ0n) is 14.3. The number of anilines is 1. The van der Waals surface area contributed by atoms with Crippen LogP contribution >= 0.6 is 11.3 Å². The Labute approximate surface area is 154 Å². The topological polar surface area (TPSA) is 79.9 Å². The molecule has 7 heteroatoms. The van der Waals surface area contributed by atoms with Crippen molar-refractivity contribution in [2.24, 2.45) is 0 Å². The normalized spacial score (nSPS) is 11.1. The molecule has 2 aromatic carbocycles. The van der Waals surface area contributed by atoms with Crippen molar-refractivity contribution < 1.29 is 9.53 Å². The first-order valence-corrected chi connectivity index (χ1v) is 9.30. The highest BCUT2D eigenvalue weighted by Crippen LogP contribution is 2.32. The van der Waals surface area contributed by atoms with Gasteiger partial charge in [0.05, 0.1) is 22.3 Å². The summed E-state index contributed by atoms with van der Waals surface area (Å²) in [6.45, 7) is 2.52. The Morgan fingerprint density at radius 2 is 2.08 bits per heavy atom. The number of ether oxygens (including phenoxy) is 1. The third-order valence-corrected chi connectivity index (χ3v) is 4.89. The van der Waals surface area contributed by atoms with E-state index in [4.69, 9.17) is 4.74 Å². The van der Waals surface area contributed by atoms with Gasteiger partial charge in [0, 0.05) is 12.8 Å². The van der Waals surface area contributed by atoms with Gasteiger partial charge in [-0.1, -0.05) is 29.5 Å². The Bertz CT molecular complexity index is 1040. The summed E-state index contributed by atoms with van der Waals surface area (Å²) in [5.74, 6) is 1.47. The summed E-state index contributed by atoms with van der Waals surface area (Å²) in [5.41, 5.74) is 2.68. The molecule has 2 aromatic heterocycles. The molecule has 2 N–H and O–H groups in total. The molecule has 0 unspecified atom stereocenters. The maximum Gasteiger partial charge on any atom is 0.226 e. The molecule has 0 bridgehead atoms. The second-order valence-corrected chi connectivity index (χ2v) is 6.83. The van der Waals surface area contributed by atoms with E-state index in [1.165, 1.54) is 11.3 Å². The van der Waals surface area contributed by atoms with E-state index in [2.05, 4.69) is 20.3 Å². The molecule has 4 aromatic rings. The Kier molecular flexibility index (Phi) is 4.53. The molecule has 2 heterocycles. The van der Waals surface area contributed by atoms with Crippen molar-refractivity contribution >= 4 is 43.6 Å². The Hall–Kier alpha value is -2.93. The van der Waals surface area contributed by atoms with Crippen LogP contribution in [0.1, 0.15) is 19.2 Å². The van der Waals surface area contributed by atoms with Crippen LogP contribution in [0.4, 0.5) is 5.13 Å². The van der Waals surface area contributed by atoms with Gasteiger partial charge in [0.15, 0.2) is 5.13 Å². The maximum atomic E-state index is 12.3. The van der Waals surface area contributed by atoms with Crippen LogP contribution in [-0.2, 0) is 11.2 Å². The summed E-state index contributed by atoms with van der Waals surface area (Å²) < 4.78 is 6.58. The standard InChI is InChI=1S/C19H18N4O2S/c1-2-25-14-8-5-9-15-18(14)23-19(26-15)22-17(24)11-10-16-20-12-6-3-4-7-13(12)21-16/h3-9H,2,10-11H2,1H3,(H,20,21)(H,22,23,24). The molecule has 0 aliphatic heterocycles. The number of imidazole rings is 1. The van der Waals surface area contributed by atoms with Gasteiger partial charge in [-0.05, 0) is 31.2 Å². The molecule has 0 saturated carbocycles. The monoisotopic (exact) mass is 366 g/mol. The number of nitrogens with zero attached hydrogens (tertiary/aromatic N) is 2. The number of carbonyl (C=O) groups excluding carboxylic acids is 1. The lowest BCUT2D eigenvalue weighted by Crippen LogP contribution is -2.12. The number of H-pyrrole nitrogens is 1. The number of hydrogen-bond donors (Lipinski definition) is 2. The molecule has 26 heavy (non-hydrogen) atoms. The van der Waals surface area contributed by atoms with E-state index in [1.54, 1.807) is 0 Å². The first-order chi connectivity index (χ1) is 12.7. The minimum Gasteiger partial charge on any atom is -0.492 e. The Morgan fingerprint density at radius 3 is 2.92 bits per heavy atom. The number of para-hydroxylation sites is 3. The van der Waals surface area contributed by atoms with Crippen LogP contribution in [-0.4, -0.2) is 27.5 Å². The van der Waals surface area contributed by atoms with Crippen LogP contribution in [0.2, 0.25) is 0 Å². The number of amides is 1. The number of nitrogens with one attached hydrogen (secondary N) is 2. The van der Waals surface area contributed by atoms with E-state index in [1.807, 2.05) is 49.4 Å². The average molecular weight is 366 g/mol. The summed E-state index contributed by atoms with van der Waals surface area (Å²) in [4.78, 5) is 24.5. The minimum absolute atomic E-state index is 0.0810. The quantitative estimate of drug-likeness (QED) is 0.537. The first kappa shape index (κ1) is 16.5. The van der Waals surface area contributed by atoms with Gasteiger partial charge in [0.25, 0.3) is 0 Å². The van der Waals surface area contributed by atoms with E-state index < -0.39 is 0 Å². The number of benzene rings is 2. The van der Waals surface area contributed by atoms with Gasteiger partial charge in [0.2, 0.25) is 5.91 Å². The first-order valence-electron chi connectivity index (χ1n) is 8.49. The van der Waals surface area contributed by atoms with Crippen LogP contribution in [0.15, 0.2) is 42.5 Å². The third-order valence-electron chi connectivity index (χ3n) is 3.96. The molecule has 0 fully saturated rings. The lowest BCUT2D eigenvalue weighted by molar-refractivity contribution is -0.116. The number of carbonyl (C=O) groups is 1. The highest BCUT2D eigenvalue weighted by atomic mass is 32.1. The van der Waals surface area contributed by atoms with Crippen LogP contribution in [0.5, 0.6) is 5.75 Å². The van der Waals surface area contributed by atoms with Gasteiger partial charge < -0.3 is 15.0 Å². The lowest BCUT2D eigenvalue weighted by atomic mass is 10.3. The van der Waals surface area contributed by atoms with Crippen LogP contribution < -0.4 is 10.1 Å². The molecule has 4 rings (SSSR count). The predicted octanol–water partition coefficient (Wildman–Crippen LogP) is 4.14. The third kappa shape index (κ3) is 3.39. The molecule has 1 amide bonds. The summed E-state index contributed by atoms with van der Waals surface area (Å²) >= 11 is 1.44. The summed E-state index contributed by atoms with van der Waals surface area (Å²) in [6.07, 6.45) is 0.893. The fraction of sp³-hybridized carbons (Fsp3) is 0.211. The Morgan fingerprint density at radius 1 is 1.19 bits per heavy atom. The number of aromatic nitrogens is 3. The van der Waals surface area contributed by atoms with Gasteiger partial charge >= 0.3 is 0 Å². The molecule has 0 aliphatic rings. The maximum absolute atomic E-state index is 12.3. The smallest absolute Gasteiger partial charge is 0.226 e. The number of aryl methyl sites for hydroxylation is 1. The van der Waals surface area contributed by atoms with Gasteiger partial charge in [-0.25, -0.2) is 9.97 Å². The second-order valence-electron chi connectivity index (χ2n) is 5.80. The summed E-state index contributed by atoms with van der Waals surface area (Å²) in [6, 6.07) is 13.6. The van der Waals surface area contributed by atoms with E-state index in [0.29, 0.717) is 24.6 Å². The second kappa shape index (κ2) is 7.13.